The number of nitrogens with zero attached hydrogens (tertiary/aromatic N) is 1. The number of hydrogen-bond acceptors (Lipinski definition) is 3. The van der Waals surface area contributed by atoms with Crippen LogP contribution >= 0.6 is 0 Å². The van der Waals surface area contributed by atoms with Gasteiger partial charge in [0.25, 0.3) is 0 Å². The molecular weight excluding hydrogens is 188 g/mol. The van der Waals surface area contributed by atoms with Crippen molar-refractivity contribution in [3.63, 3.8) is 0 Å². The van der Waals surface area contributed by atoms with Crippen LogP contribution in [0.1, 0.15) is 13.8 Å². The predicted molar refractivity (Wildman–Crippen MR) is 61.9 cm³/mol. The molecule has 2 N–H and O–H groups in total. The summed E-state index contributed by atoms with van der Waals surface area (Å²) in [6.07, 6.45) is 0.134. The van der Waals surface area contributed by atoms with Crippen molar-refractivity contribution < 1.29 is 4.74 Å². The molecule has 2 rings (SSSR count). The number of ether oxygens (including phenoxy) is 1. The number of benzene rings is 1. The Morgan fingerprint density at radius 3 is 2.73 bits per heavy atom. The predicted octanol–water partition coefficient (Wildman–Crippen LogP) is 2.60. The molecule has 3 nitrogen and oxygen atoms in total. The van der Waals surface area contributed by atoms with Crippen LogP contribution in [0.15, 0.2) is 30.3 Å². The Bertz CT molecular complexity index is 480. The summed E-state index contributed by atoms with van der Waals surface area (Å²) >= 11 is 0. The number of aromatic nitrogens is 1. The first-order valence-electron chi connectivity index (χ1n) is 4.99. The minimum Gasteiger partial charge on any atom is -0.490 e. The number of para-hydroxylation sites is 1. The lowest BCUT2D eigenvalue weighted by atomic mass is 10.2. The van der Waals surface area contributed by atoms with Crippen LogP contribution in [-0.2, 0) is 0 Å². The molecule has 0 saturated carbocycles. The largest absolute Gasteiger partial charge is 0.490 e. The van der Waals surface area contributed by atoms with Crippen LogP contribution < -0.4 is 10.5 Å². The smallest absolute Gasteiger partial charge is 0.132 e. The molecule has 0 unspecified atom stereocenters. The number of nitrogens with two attached hydrogens (primary N) is 1. The molecule has 0 spiro atoms. The molecule has 0 aliphatic heterocycles. The maximum Gasteiger partial charge on any atom is 0.132 e. The highest BCUT2D eigenvalue weighted by atomic mass is 16.5. The minimum absolute atomic E-state index is 0.134. The van der Waals surface area contributed by atoms with Crippen LogP contribution in [0, 0.1) is 0 Å². The highest BCUT2D eigenvalue weighted by Crippen LogP contribution is 2.26. The lowest BCUT2D eigenvalue weighted by molar-refractivity contribution is 0.245. The Labute approximate surface area is 88.9 Å². The van der Waals surface area contributed by atoms with Gasteiger partial charge in [0.1, 0.15) is 11.6 Å². The molecule has 0 fully saturated rings. The van der Waals surface area contributed by atoms with Gasteiger partial charge in [-0.05, 0) is 26.0 Å². The van der Waals surface area contributed by atoms with Gasteiger partial charge >= 0.3 is 0 Å². The van der Waals surface area contributed by atoms with Crippen LogP contribution in [0.25, 0.3) is 10.9 Å². The summed E-state index contributed by atoms with van der Waals surface area (Å²) in [6, 6.07) is 9.59. The molecule has 0 radical (unpaired) electrons. The van der Waals surface area contributed by atoms with E-state index in [1.807, 2.05) is 38.1 Å². The number of anilines is 1. The standard InChI is InChI=1S/C12H14N2O/c1-8(2)15-11-7-12(13)14-10-6-4-3-5-9(10)11/h3-8H,1-2H3,(H2,13,14). The third-order valence-electron chi connectivity index (χ3n) is 2.06. The van der Waals surface area contributed by atoms with Crippen LogP contribution in [0.4, 0.5) is 5.82 Å². The summed E-state index contributed by atoms with van der Waals surface area (Å²) in [5.74, 6) is 1.29. The van der Waals surface area contributed by atoms with Crippen molar-refractivity contribution in [2.24, 2.45) is 0 Å². The van der Waals surface area contributed by atoms with Crippen molar-refractivity contribution >= 4 is 16.7 Å². The van der Waals surface area contributed by atoms with E-state index in [1.165, 1.54) is 0 Å². The van der Waals surface area contributed by atoms with Gasteiger partial charge in [-0.25, -0.2) is 4.98 Å². The van der Waals surface area contributed by atoms with E-state index in [9.17, 15) is 0 Å². The average molecular weight is 202 g/mol. The molecule has 0 amide bonds. The number of pyridine rings is 1. The van der Waals surface area contributed by atoms with E-state index >= 15 is 0 Å². The first-order chi connectivity index (χ1) is 7.16. The van der Waals surface area contributed by atoms with Gasteiger partial charge in [-0.15, -0.1) is 0 Å². The number of hydrogen-bond donors (Lipinski definition) is 1. The Morgan fingerprint density at radius 2 is 2.00 bits per heavy atom. The molecule has 0 aliphatic rings. The second-order valence-corrected chi connectivity index (χ2v) is 3.73. The van der Waals surface area contributed by atoms with Crippen LogP contribution in [0.2, 0.25) is 0 Å². The molecular formula is C12H14N2O. The van der Waals surface area contributed by atoms with Crippen molar-refractivity contribution in [3.05, 3.63) is 30.3 Å². The number of rotatable bonds is 2. The highest BCUT2D eigenvalue weighted by Gasteiger charge is 2.06. The maximum atomic E-state index is 5.71. The Morgan fingerprint density at radius 1 is 1.27 bits per heavy atom. The quantitative estimate of drug-likeness (QED) is 0.814. The van der Waals surface area contributed by atoms with Crippen molar-refractivity contribution in [1.29, 1.82) is 0 Å². The fourth-order valence-electron chi connectivity index (χ4n) is 1.51. The van der Waals surface area contributed by atoms with Gasteiger partial charge < -0.3 is 10.5 Å². The third-order valence-corrected chi connectivity index (χ3v) is 2.06. The first kappa shape index (κ1) is 9.77. The van der Waals surface area contributed by atoms with E-state index in [2.05, 4.69) is 4.98 Å². The van der Waals surface area contributed by atoms with Crippen molar-refractivity contribution in [2.75, 3.05) is 5.73 Å². The summed E-state index contributed by atoms with van der Waals surface area (Å²) in [5.41, 5.74) is 6.58. The highest BCUT2D eigenvalue weighted by molar-refractivity contribution is 5.86. The molecule has 0 bridgehead atoms. The van der Waals surface area contributed by atoms with Gasteiger partial charge in [-0.2, -0.15) is 0 Å². The van der Waals surface area contributed by atoms with E-state index in [0.717, 1.165) is 16.7 Å². The summed E-state index contributed by atoms with van der Waals surface area (Å²) in [6.45, 7) is 3.98. The van der Waals surface area contributed by atoms with E-state index < -0.39 is 0 Å². The van der Waals surface area contributed by atoms with E-state index in [0.29, 0.717) is 5.82 Å². The zero-order chi connectivity index (χ0) is 10.8. The lowest BCUT2D eigenvalue weighted by Gasteiger charge is -2.12. The van der Waals surface area contributed by atoms with Gasteiger partial charge in [0.2, 0.25) is 0 Å². The molecule has 78 valence electrons. The summed E-state index contributed by atoms with van der Waals surface area (Å²) in [5, 5.41) is 1.00. The molecule has 0 atom stereocenters. The summed E-state index contributed by atoms with van der Waals surface area (Å²) in [7, 11) is 0. The minimum atomic E-state index is 0.134. The molecule has 0 saturated heterocycles. The Hall–Kier alpha value is -1.77. The first-order valence-corrected chi connectivity index (χ1v) is 4.99. The van der Waals surface area contributed by atoms with Gasteiger partial charge in [0.15, 0.2) is 0 Å². The maximum absolute atomic E-state index is 5.71. The third kappa shape index (κ3) is 2.01. The zero-order valence-corrected chi connectivity index (χ0v) is 8.90. The van der Waals surface area contributed by atoms with Crippen molar-refractivity contribution in [1.82, 2.24) is 4.98 Å². The topological polar surface area (TPSA) is 48.1 Å². The van der Waals surface area contributed by atoms with Crippen LogP contribution in [0.3, 0.4) is 0 Å². The van der Waals surface area contributed by atoms with E-state index in [1.54, 1.807) is 6.07 Å². The fourth-order valence-corrected chi connectivity index (χ4v) is 1.51. The number of fused-ring (bicyclic) bond motifs is 1. The fraction of sp³-hybridized carbons (Fsp3) is 0.250. The molecule has 3 heteroatoms. The molecule has 15 heavy (non-hydrogen) atoms. The average Bonchev–Trinajstić information content (AvgIpc) is 2.16. The zero-order valence-electron chi connectivity index (χ0n) is 8.90. The van der Waals surface area contributed by atoms with Crippen molar-refractivity contribution in [3.8, 4) is 5.75 Å². The molecule has 1 heterocycles. The van der Waals surface area contributed by atoms with Crippen LogP contribution in [-0.4, -0.2) is 11.1 Å². The molecule has 1 aromatic heterocycles. The Balaban J connectivity index is 2.60. The molecule has 0 aliphatic carbocycles. The van der Waals surface area contributed by atoms with Crippen LogP contribution in [0.5, 0.6) is 5.75 Å². The monoisotopic (exact) mass is 202 g/mol. The number of nitrogen functional groups attached to an aromatic ring is 1. The SMILES string of the molecule is CC(C)Oc1cc(N)nc2ccccc12. The molecule has 1 aromatic carbocycles. The van der Waals surface area contributed by atoms with E-state index in [-0.39, 0.29) is 6.10 Å². The van der Waals surface area contributed by atoms with Gasteiger partial charge in [0, 0.05) is 11.5 Å². The second kappa shape index (κ2) is 3.77. The van der Waals surface area contributed by atoms with Gasteiger partial charge in [-0.1, -0.05) is 12.1 Å². The van der Waals surface area contributed by atoms with Gasteiger partial charge in [0.05, 0.1) is 11.6 Å². The second-order valence-electron chi connectivity index (χ2n) is 3.73. The van der Waals surface area contributed by atoms with Crippen molar-refractivity contribution in [2.45, 2.75) is 20.0 Å². The summed E-state index contributed by atoms with van der Waals surface area (Å²) < 4.78 is 5.69. The normalized spacial score (nSPS) is 10.9. The Kier molecular flexibility index (Phi) is 2.46. The summed E-state index contributed by atoms with van der Waals surface area (Å²) in [4.78, 5) is 4.24. The van der Waals surface area contributed by atoms with Gasteiger partial charge in [-0.3, -0.25) is 0 Å². The molecule has 2 aromatic rings. The van der Waals surface area contributed by atoms with E-state index in [4.69, 9.17) is 10.5 Å². The lowest BCUT2D eigenvalue weighted by Crippen LogP contribution is -2.06.